The summed E-state index contributed by atoms with van der Waals surface area (Å²) in [5, 5.41) is 13.6. The van der Waals surface area contributed by atoms with Crippen molar-refractivity contribution < 1.29 is 13.9 Å². The van der Waals surface area contributed by atoms with E-state index in [0.717, 1.165) is 25.0 Å². The minimum atomic E-state index is -0.660. The van der Waals surface area contributed by atoms with Gasteiger partial charge in [0.05, 0.1) is 23.7 Å². The molecule has 0 atom stereocenters. The normalized spacial score (nSPS) is 15.1. The average molecular weight is 485 g/mol. The Kier molecular flexibility index (Phi) is 6.58. The zero-order chi connectivity index (χ0) is 23.0. The van der Waals surface area contributed by atoms with Crippen molar-refractivity contribution in [2.45, 2.75) is 25.4 Å². The molecule has 4 heterocycles. The van der Waals surface area contributed by atoms with Crippen LogP contribution >= 0.6 is 12.4 Å². The lowest BCUT2D eigenvalue weighted by Crippen LogP contribution is -2.42. The molecule has 2 N–H and O–H groups in total. The number of nitrogens with one attached hydrogen (secondary N) is 1. The molecule has 1 saturated heterocycles. The van der Waals surface area contributed by atoms with Crippen molar-refractivity contribution in [3.05, 3.63) is 66.6 Å². The Morgan fingerprint density at radius 1 is 1.00 bits per heavy atom. The first kappa shape index (κ1) is 23.7. The number of hydrogen-bond acceptors (Lipinski definition) is 7. The minimum absolute atomic E-state index is 0. The number of piperidine rings is 1. The van der Waals surface area contributed by atoms with Gasteiger partial charge in [0.2, 0.25) is 5.95 Å². The van der Waals surface area contributed by atoms with Crippen LogP contribution in [0.25, 0.3) is 22.2 Å². The van der Waals surface area contributed by atoms with Crippen LogP contribution in [0.2, 0.25) is 0 Å². The molecule has 0 amide bonds. The highest BCUT2D eigenvalue weighted by molar-refractivity contribution is 5.85. The molecular formula is C24H23ClF2N6O. The van der Waals surface area contributed by atoms with Crippen molar-refractivity contribution in [3.63, 3.8) is 0 Å². The summed E-state index contributed by atoms with van der Waals surface area (Å²) in [6, 6.07) is 9.97. The summed E-state index contributed by atoms with van der Waals surface area (Å²) in [6.45, 7) is 3.36. The summed E-state index contributed by atoms with van der Waals surface area (Å²) >= 11 is 0. The lowest BCUT2D eigenvalue weighted by Gasteiger charge is -2.36. The van der Waals surface area contributed by atoms with Crippen LogP contribution in [0, 0.1) is 11.6 Å². The van der Waals surface area contributed by atoms with E-state index in [4.69, 9.17) is 0 Å². The van der Waals surface area contributed by atoms with Gasteiger partial charge in [0.25, 0.3) is 0 Å². The molecule has 1 aliphatic rings. The number of benzene rings is 1. The zero-order valence-corrected chi connectivity index (χ0v) is 19.2. The molecule has 10 heteroatoms. The van der Waals surface area contributed by atoms with E-state index in [0.29, 0.717) is 29.6 Å². The number of pyridine rings is 2. The number of anilines is 3. The topological polar surface area (TPSA) is 87.1 Å². The number of hydrogen-bond donors (Lipinski definition) is 2. The molecule has 7 nitrogen and oxygen atoms in total. The van der Waals surface area contributed by atoms with E-state index in [-0.39, 0.29) is 29.6 Å². The van der Waals surface area contributed by atoms with E-state index in [1.54, 1.807) is 30.5 Å². The maximum atomic E-state index is 14.5. The molecule has 0 spiro atoms. The number of aliphatic hydroxyl groups is 1. The fraction of sp³-hybridized carbons (Fsp3) is 0.250. The van der Waals surface area contributed by atoms with Crippen molar-refractivity contribution in [1.82, 2.24) is 19.9 Å². The zero-order valence-electron chi connectivity index (χ0n) is 18.4. The molecule has 34 heavy (non-hydrogen) atoms. The van der Waals surface area contributed by atoms with E-state index < -0.39 is 17.2 Å². The van der Waals surface area contributed by atoms with Crippen LogP contribution in [0.15, 0.2) is 55.0 Å². The quantitative estimate of drug-likeness (QED) is 0.427. The second kappa shape index (κ2) is 9.44. The molecule has 3 aromatic heterocycles. The van der Waals surface area contributed by atoms with Crippen LogP contribution in [-0.2, 0) is 0 Å². The lowest BCUT2D eigenvalue weighted by molar-refractivity contribution is 0.0351. The minimum Gasteiger partial charge on any atom is -0.390 e. The van der Waals surface area contributed by atoms with Gasteiger partial charge in [0.15, 0.2) is 5.82 Å². The maximum absolute atomic E-state index is 14.5. The molecule has 0 bridgehead atoms. The van der Waals surface area contributed by atoms with Gasteiger partial charge in [0.1, 0.15) is 22.8 Å². The van der Waals surface area contributed by atoms with Crippen LogP contribution < -0.4 is 10.2 Å². The number of aromatic nitrogens is 4. The standard InChI is InChI=1S/C24H22F2N6O.ClH/c1-24(33)6-9-32(10-7-24)17-4-5-20(28-13-17)30-23-29-14-19(26)22(31-23)16-11-15-3-2-8-27-21(15)18(25)12-16;/h2-5,8,11-14,33H,6-7,9-10H2,1H3,(H,28,29,30,31);1H. The largest absolute Gasteiger partial charge is 0.390 e. The fourth-order valence-electron chi connectivity index (χ4n) is 3.92. The van der Waals surface area contributed by atoms with E-state index in [2.05, 4.69) is 30.2 Å². The van der Waals surface area contributed by atoms with Gasteiger partial charge in [-0.15, -0.1) is 12.4 Å². The third-order valence-corrected chi connectivity index (χ3v) is 5.87. The molecule has 0 saturated carbocycles. The van der Waals surface area contributed by atoms with Crippen molar-refractivity contribution in [1.29, 1.82) is 0 Å². The Morgan fingerprint density at radius 2 is 1.79 bits per heavy atom. The molecule has 4 aromatic rings. The van der Waals surface area contributed by atoms with Crippen LogP contribution in [-0.4, -0.2) is 43.7 Å². The molecule has 1 aromatic carbocycles. The predicted octanol–water partition coefficient (Wildman–Crippen LogP) is 4.88. The van der Waals surface area contributed by atoms with Gasteiger partial charge in [-0.2, -0.15) is 0 Å². The number of nitrogens with zero attached hydrogens (tertiary/aromatic N) is 5. The molecule has 1 aliphatic heterocycles. The molecule has 0 unspecified atom stereocenters. The molecule has 0 aliphatic carbocycles. The summed E-state index contributed by atoms with van der Waals surface area (Å²) in [5.74, 6) is -0.568. The highest BCUT2D eigenvalue weighted by Gasteiger charge is 2.27. The van der Waals surface area contributed by atoms with Crippen LogP contribution in [0.1, 0.15) is 19.8 Å². The first-order valence-corrected chi connectivity index (χ1v) is 10.7. The van der Waals surface area contributed by atoms with Crippen LogP contribution in [0.4, 0.5) is 26.2 Å². The summed E-state index contributed by atoms with van der Waals surface area (Å²) in [7, 11) is 0. The SMILES string of the molecule is CC1(O)CCN(c2ccc(Nc3ncc(F)c(-c4cc(F)c5ncccc5c4)n3)nc2)CC1.Cl. The summed E-state index contributed by atoms with van der Waals surface area (Å²) in [5.41, 5.74) is 0.829. The Morgan fingerprint density at radius 3 is 2.53 bits per heavy atom. The van der Waals surface area contributed by atoms with Crippen LogP contribution in [0.3, 0.4) is 0 Å². The summed E-state index contributed by atoms with van der Waals surface area (Å²) in [6.07, 6.45) is 5.68. The van der Waals surface area contributed by atoms with Gasteiger partial charge >= 0.3 is 0 Å². The smallest absolute Gasteiger partial charge is 0.229 e. The molecular weight excluding hydrogens is 462 g/mol. The van der Waals surface area contributed by atoms with Gasteiger partial charge in [-0.1, -0.05) is 6.07 Å². The first-order valence-electron chi connectivity index (χ1n) is 10.7. The van der Waals surface area contributed by atoms with E-state index >= 15 is 0 Å². The molecule has 1 fully saturated rings. The maximum Gasteiger partial charge on any atom is 0.229 e. The van der Waals surface area contributed by atoms with Crippen molar-refractivity contribution in [2.24, 2.45) is 0 Å². The average Bonchev–Trinajstić information content (AvgIpc) is 2.81. The number of halogens is 3. The first-order chi connectivity index (χ1) is 15.9. The van der Waals surface area contributed by atoms with Crippen molar-refractivity contribution in [3.8, 4) is 11.3 Å². The Balaban J connectivity index is 0.00000274. The van der Waals surface area contributed by atoms with Gasteiger partial charge < -0.3 is 15.3 Å². The number of fused-ring (bicyclic) bond motifs is 1. The van der Waals surface area contributed by atoms with Gasteiger partial charge in [-0.05, 0) is 50.1 Å². The van der Waals surface area contributed by atoms with E-state index in [1.807, 2.05) is 13.0 Å². The van der Waals surface area contributed by atoms with E-state index in [1.165, 1.54) is 12.3 Å². The summed E-state index contributed by atoms with van der Waals surface area (Å²) in [4.78, 5) is 18.8. The molecule has 5 rings (SSSR count). The fourth-order valence-corrected chi connectivity index (χ4v) is 3.92. The van der Waals surface area contributed by atoms with Crippen LogP contribution in [0.5, 0.6) is 0 Å². The molecule has 0 radical (unpaired) electrons. The Bertz CT molecular complexity index is 1310. The van der Waals surface area contributed by atoms with E-state index in [9.17, 15) is 13.9 Å². The monoisotopic (exact) mass is 484 g/mol. The van der Waals surface area contributed by atoms with Gasteiger partial charge in [-0.3, -0.25) is 4.98 Å². The van der Waals surface area contributed by atoms with Gasteiger partial charge in [-0.25, -0.2) is 23.7 Å². The van der Waals surface area contributed by atoms with Crippen molar-refractivity contribution in [2.75, 3.05) is 23.3 Å². The second-order valence-electron chi connectivity index (χ2n) is 8.43. The van der Waals surface area contributed by atoms with Crippen molar-refractivity contribution >= 4 is 40.8 Å². The molecule has 176 valence electrons. The van der Waals surface area contributed by atoms with Gasteiger partial charge in [0, 0.05) is 30.2 Å². The Labute approximate surface area is 201 Å². The highest BCUT2D eigenvalue weighted by Crippen LogP contribution is 2.28. The second-order valence-corrected chi connectivity index (χ2v) is 8.43. The number of rotatable bonds is 4. The Hall–Kier alpha value is -3.43. The third kappa shape index (κ3) is 4.90. The summed E-state index contributed by atoms with van der Waals surface area (Å²) < 4.78 is 29.0. The predicted molar refractivity (Wildman–Crippen MR) is 130 cm³/mol. The third-order valence-electron chi connectivity index (χ3n) is 5.87. The highest BCUT2D eigenvalue weighted by atomic mass is 35.5. The lowest BCUT2D eigenvalue weighted by atomic mass is 9.94.